The van der Waals surface area contributed by atoms with Gasteiger partial charge in [0.1, 0.15) is 0 Å². The molecular formula is C16H37IN4O. The van der Waals surface area contributed by atoms with Crippen LogP contribution in [-0.4, -0.2) is 64.3 Å². The Morgan fingerprint density at radius 2 is 1.82 bits per heavy atom. The Labute approximate surface area is 154 Å². The van der Waals surface area contributed by atoms with Crippen LogP contribution in [0.4, 0.5) is 0 Å². The lowest BCUT2D eigenvalue weighted by atomic mass is 9.93. The first-order valence-electron chi connectivity index (χ1n) is 8.16. The van der Waals surface area contributed by atoms with Crippen LogP contribution in [0.3, 0.4) is 0 Å². The minimum atomic E-state index is 0. The molecule has 0 unspecified atom stereocenters. The van der Waals surface area contributed by atoms with Crippen LogP contribution < -0.4 is 10.6 Å². The van der Waals surface area contributed by atoms with Crippen LogP contribution in [0, 0.1) is 5.41 Å². The van der Waals surface area contributed by atoms with Crippen LogP contribution in [0.1, 0.15) is 40.5 Å². The third-order valence-electron chi connectivity index (χ3n) is 2.97. The van der Waals surface area contributed by atoms with Gasteiger partial charge < -0.3 is 20.3 Å². The highest BCUT2D eigenvalue weighted by atomic mass is 127. The molecule has 0 atom stereocenters. The van der Waals surface area contributed by atoms with E-state index in [0.717, 1.165) is 58.2 Å². The van der Waals surface area contributed by atoms with Crippen molar-refractivity contribution in [1.82, 2.24) is 15.5 Å². The summed E-state index contributed by atoms with van der Waals surface area (Å²) in [4.78, 5) is 6.92. The lowest BCUT2D eigenvalue weighted by Crippen LogP contribution is -2.39. The Balaban J connectivity index is 0. The van der Waals surface area contributed by atoms with Crippen LogP contribution in [0.2, 0.25) is 0 Å². The summed E-state index contributed by atoms with van der Waals surface area (Å²) in [7, 11) is 4.21. The first kappa shape index (κ1) is 24.2. The number of nitrogens with zero attached hydrogens (tertiary/aromatic N) is 2. The summed E-state index contributed by atoms with van der Waals surface area (Å²) in [6.07, 6.45) is 2.19. The van der Waals surface area contributed by atoms with Gasteiger partial charge in [-0.05, 0) is 46.2 Å². The van der Waals surface area contributed by atoms with E-state index in [-0.39, 0.29) is 29.4 Å². The third-order valence-corrected chi connectivity index (χ3v) is 2.97. The van der Waals surface area contributed by atoms with Gasteiger partial charge in [-0.25, -0.2) is 0 Å². The lowest BCUT2D eigenvalue weighted by molar-refractivity contribution is 0.143. The molecule has 0 bridgehead atoms. The zero-order chi connectivity index (χ0) is 16.1. The van der Waals surface area contributed by atoms with Crippen molar-refractivity contribution in [2.45, 2.75) is 40.5 Å². The Kier molecular flexibility index (Phi) is 15.9. The molecule has 0 fully saturated rings. The van der Waals surface area contributed by atoms with Crippen LogP contribution in [0.5, 0.6) is 0 Å². The zero-order valence-electron chi connectivity index (χ0n) is 15.4. The molecule has 0 aromatic rings. The predicted molar refractivity (Wildman–Crippen MR) is 107 cm³/mol. The molecule has 0 rings (SSSR count). The molecule has 0 radical (unpaired) electrons. The number of unbranched alkanes of at least 4 members (excludes halogenated alkanes) is 1. The van der Waals surface area contributed by atoms with E-state index in [1.807, 2.05) is 6.92 Å². The van der Waals surface area contributed by atoms with Crippen molar-refractivity contribution in [1.29, 1.82) is 0 Å². The van der Waals surface area contributed by atoms with E-state index >= 15 is 0 Å². The second-order valence-electron chi connectivity index (χ2n) is 6.43. The second-order valence-corrected chi connectivity index (χ2v) is 6.43. The van der Waals surface area contributed by atoms with Crippen LogP contribution in [0.15, 0.2) is 4.99 Å². The van der Waals surface area contributed by atoms with Gasteiger partial charge in [0.15, 0.2) is 5.96 Å². The number of guanidine groups is 1. The van der Waals surface area contributed by atoms with Gasteiger partial charge in [-0.2, -0.15) is 0 Å². The van der Waals surface area contributed by atoms with Crippen molar-refractivity contribution >= 4 is 29.9 Å². The van der Waals surface area contributed by atoms with Gasteiger partial charge in [0.2, 0.25) is 0 Å². The third kappa shape index (κ3) is 14.8. The monoisotopic (exact) mass is 428 g/mol. The van der Waals surface area contributed by atoms with E-state index in [9.17, 15) is 0 Å². The maximum absolute atomic E-state index is 5.34. The average Bonchev–Trinajstić information content (AvgIpc) is 2.38. The summed E-state index contributed by atoms with van der Waals surface area (Å²) in [6.45, 7) is 14.0. The first-order valence-corrected chi connectivity index (χ1v) is 8.16. The standard InChI is InChI=1S/C16H36N4O.HI/c1-7-17-15(18-11-9-10-12-21-8-2)19-13-16(3,4)14-20(5)6;/h7-14H2,1-6H3,(H2,17,18,19);1H. The Bertz CT molecular complexity index is 283. The first-order chi connectivity index (χ1) is 9.91. The average molecular weight is 428 g/mol. The molecule has 5 nitrogen and oxygen atoms in total. The molecule has 0 aliphatic heterocycles. The molecule has 0 aliphatic carbocycles. The smallest absolute Gasteiger partial charge is 0.191 e. The summed E-state index contributed by atoms with van der Waals surface area (Å²) < 4.78 is 5.34. The van der Waals surface area contributed by atoms with Crippen molar-refractivity contribution in [3.63, 3.8) is 0 Å². The highest BCUT2D eigenvalue weighted by Gasteiger charge is 2.18. The summed E-state index contributed by atoms with van der Waals surface area (Å²) in [6, 6.07) is 0. The summed E-state index contributed by atoms with van der Waals surface area (Å²) in [5.41, 5.74) is 0.181. The molecule has 6 heteroatoms. The molecule has 0 heterocycles. The number of hydrogen-bond donors (Lipinski definition) is 2. The van der Waals surface area contributed by atoms with Crippen molar-refractivity contribution in [3.8, 4) is 0 Å². The molecule has 134 valence electrons. The molecule has 0 saturated heterocycles. The molecule has 0 saturated carbocycles. The molecule has 2 N–H and O–H groups in total. The van der Waals surface area contributed by atoms with Crippen molar-refractivity contribution in [2.24, 2.45) is 10.4 Å². The summed E-state index contributed by atoms with van der Waals surface area (Å²) in [5, 5.41) is 6.70. The van der Waals surface area contributed by atoms with Crippen molar-refractivity contribution < 1.29 is 4.74 Å². The molecule has 0 aromatic heterocycles. The van der Waals surface area contributed by atoms with Crippen LogP contribution in [-0.2, 0) is 4.74 Å². The highest BCUT2D eigenvalue weighted by molar-refractivity contribution is 14.0. The van der Waals surface area contributed by atoms with Gasteiger partial charge in [0.25, 0.3) is 0 Å². The molecular weight excluding hydrogens is 391 g/mol. The maximum atomic E-state index is 5.34. The number of hydrogen-bond acceptors (Lipinski definition) is 3. The molecule has 0 aliphatic rings. The van der Waals surface area contributed by atoms with Crippen LogP contribution >= 0.6 is 24.0 Å². The second kappa shape index (κ2) is 14.5. The van der Waals surface area contributed by atoms with Crippen molar-refractivity contribution in [2.75, 3.05) is 53.5 Å². The van der Waals surface area contributed by atoms with Gasteiger partial charge in [-0.3, -0.25) is 4.99 Å². The zero-order valence-corrected chi connectivity index (χ0v) is 17.7. The number of rotatable bonds is 11. The SMILES string of the molecule is CCNC(=NCC(C)(C)CN(C)C)NCCCCOCC.I. The minimum absolute atomic E-state index is 0. The molecule has 0 spiro atoms. The highest BCUT2D eigenvalue weighted by Crippen LogP contribution is 2.15. The van der Waals surface area contributed by atoms with Gasteiger partial charge in [-0.1, -0.05) is 13.8 Å². The maximum Gasteiger partial charge on any atom is 0.191 e. The number of nitrogens with one attached hydrogen (secondary N) is 2. The molecule has 0 amide bonds. The van der Waals surface area contributed by atoms with E-state index in [4.69, 9.17) is 9.73 Å². The normalized spacial score (nSPS) is 12.2. The Hall–Kier alpha value is -0.0800. The van der Waals surface area contributed by atoms with E-state index in [1.165, 1.54) is 0 Å². The van der Waals surface area contributed by atoms with Gasteiger partial charge in [-0.15, -0.1) is 24.0 Å². The van der Waals surface area contributed by atoms with Gasteiger partial charge in [0.05, 0.1) is 0 Å². The Morgan fingerprint density at radius 3 is 2.36 bits per heavy atom. The fourth-order valence-electron chi connectivity index (χ4n) is 2.22. The van der Waals surface area contributed by atoms with Gasteiger partial charge in [0, 0.05) is 39.4 Å². The summed E-state index contributed by atoms with van der Waals surface area (Å²) in [5.74, 6) is 0.917. The van der Waals surface area contributed by atoms with Gasteiger partial charge >= 0.3 is 0 Å². The summed E-state index contributed by atoms with van der Waals surface area (Å²) >= 11 is 0. The van der Waals surface area contributed by atoms with E-state index in [1.54, 1.807) is 0 Å². The topological polar surface area (TPSA) is 48.9 Å². The number of halogens is 1. The predicted octanol–water partition coefficient (Wildman–Crippen LogP) is 2.56. The lowest BCUT2D eigenvalue weighted by Gasteiger charge is -2.26. The number of aliphatic imine (C=N–C) groups is 1. The number of ether oxygens (including phenoxy) is 1. The fraction of sp³-hybridized carbons (Fsp3) is 0.938. The quantitative estimate of drug-likeness (QED) is 0.230. The molecule has 0 aromatic carbocycles. The van der Waals surface area contributed by atoms with E-state index in [0.29, 0.717) is 0 Å². The Morgan fingerprint density at radius 1 is 1.14 bits per heavy atom. The minimum Gasteiger partial charge on any atom is -0.382 e. The largest absolute Gasteiger partial charge is 0.382 e. The van der Waals surface area contributed by atoms with Crippen molar-refractivity contribution in [3.05, 3.63) is 0 Å². The fourth-order valence-corrected chi connectivity index (χ4v) is 2.22. The molecule has 22 heavy (non-hydrogen) atoms. The van der Waals surface area contributed by atoms with E-state index < -0.39 is 0 Å². The van der Waals surface area contributed by atoms with E-state index in [2.05, 4.69) is 50.4 Å². The van der Waals surface area contributed by atoms with Crippen LogP contribution in [0.25, 0.3) is 0 Å².